The molecule has 1 fully saturated rings. The molecule has 2 aromatic rings. The second-order valence-electron chi connectivity index (χ2n) is 7.75. The van der Waals surface area contributed by atoms with Crippen molar-refractivity contribution in [2.75, 3.05) is 52.3 Å². The number of ether oxygens (including phenoxy) is 2. The molecule has 30 heavy (non-hydrogen) atoms. The zero-order valence-corrected chi connectivity index (χ0v) is 17.9. The highest BCUT2D eigenvalue weighted by Crippen LogP contribution is 2.18. The molecule has 1 heterocycles. The van der Waals surface area contributed by atoms with Gasteiger partial charge in [0, 0.05) is 5.56 Å². The van der Waals surface area contributed by atoms with E-state index >= 15 is 0 Å². The van der Waals surface area contributed by atoms with Crippen LogP contribution in [0.1, 0.15) is 21.5 Å². The number of amides is 1. The van der Waals surface area contributed by atoms with Gasteiger partial charge in [-0.05, 0) is 31.2 Å². The number of hydrogen-bond donors (Lipinski definition) is 3. The van der Waals surface area contributed by atoms with Crippen LogP contribution in [0, 0.1) is 6.92 Å². The highest BCUT2D eigenvalue weighted by atomic mass is 16.5. The van der Waals surface area contributed by atoms with Crippen molar-refractivity contribution < 1.29 is 28.9 Å². The number of anilines is 1. The van der Waals surface area contributed by atoms with Crippen molar-refractivity contribution in [3.05, 3.63) is 59.2 Å². The van der Waals surface area contributed by atoms with E-state index in [4.69, 9.17) is 9.47 Å². The summed E-state index contributed by atoms with van der Waals surface area (Å²) in [5, 5.41) is 2.86. The third-order valence-corrected chi connectivity index (χ3v) is 5.56. The van der Waals surface area contributed by atoms with Crippen molar-refractivity contribution in [1.29, 1.82) is 0 Å². The molecule has 0 radical (unpaired) electrons. The van der Waals surface area contributed by atoms with Gasteiger partial charge >= 0.3 is 5.97 Å². The van der Waals surface area contributed by atoms with Gasteiger partial charge in [-0.15, -0.1) is 0 Å². The van der Waals surface area contributed by atoms with Crippen LogP contribution in [-0.4, -0.2) is 58.8 Å². The lowest BCUT2D eigenvalue weighted by Gasteiger charge is -2.29. The molecule has 3 N–H and O–H groups in total. The molecule has 0 bridgehead atoms. The van der Waals surface area contributed by atoms with Crippen LogP contribution >= 0.6 is 0 Å². The van der Waals surface area contributed by atoms with Gasteiger partial charge in [-0.2, -0.15) is 0 Å². The highest BCUT2D eigenvalue weighted by Gasteiger charge is 2.26. The summed E-state index contributed by atoms with van der Waals surface area (Å²) >= 11 is 0. The van der Waals surface area contributed by atoms with Gasteiger partial charge in [-0.25, -0.2) is 4.79 Å². The standard InChI is InChI=1S/C23H29N3O4/c1-17-8-9-21(29-2)18(14-17)15-25-10-12-26(13-11-25)16-22(27)24-20-7-5-4-6-19(20)23(28)30-3/h4-9,14H,10-13,15-16H2,1-3H3,(H,24,27)/p+2. The number of methoxy groups -OCH3 is 2. The van der Waals surface area contributed by atoms with Crippen molar-refractivity contribution in [2.24, 2.45) is 0 Å². The van der Waals surface area contributed by atoms with Gasteiger partial charge in [-0.3, -0.25) is 4.79 Å². The smallest absolute Gasteiger partial charge is 0.339 e. The van der Waals surface area contributed by atoms with Gasteiger partial charge in [-0.1, -0.05) is 23.8 Å². The van der Waals surface area contributed by atoms with Crippen molar-refractivity contribution in [3.8, 4) is 5.75 Å². The molecule has 1 saturated heterocycles. The lowest BCUT2D eigenvalue weighted by atomic mass is 10.1. The zero-order valence-electron chi connectivity index (χ0n) is 17.9. The molecule has 7 heteroatoms. The molecule has 3 rings (SSSR count). The molecule has 0 spiro atoms. The Morgan fingerprint density at radius 2 is 1.70 bits per heavy atom. The number of hydrogen-bond acceptors (Lipinski definition) is 4. The lowest BCUT2D eigenvalue weighted by Crippen LogP contribution is -3.28. The summed E-state index contributed by atoms with van der Waals surface area (Å²) in [6.07, 6.45) is 0. The predicted octanol–water partition coefficient (Wildman–Crippen LogP) is -0.288. The quantitative estimate of drug-likeness (QED) is 0.546. The van der Waals surface area contributed by atoms with E-state index in [0.29, 0.717) is 17.8 Å². The van der Waals surface area contributed by atoms with E-state index in [1.54, 1.807) is 31.4 Å². The highest BCUT2D eigenvalue weighted by molar-refractivity contribution is 6.01. The number of quaternary nitrogens is 2. The molecule has 0 atom stereocenters. The molecular formula is C23H31N3O4+2. The van der Waals surface area contributed by atoms with Crippen molar-refractivity contribution in [2.45, 2.75) is 13.5 Å². The van der Waals surface area contributed by atoms with Crippen LogP contribution in [0.25, 0.3) is 0 Å². The summed E-state index contributed by atoms with van der Waals surface area (Å²) in [4.78, 5) is 27.2. The Morgan fingerprint density at radius 3 is 2.40 bits per heavy atom. The van der Waals surface area contributed by atoms with E-state index < -0.39 is 5.97 Å². The van der Waals surface area contributed by atoms with E-state index in [-0.39, 0.29) is 5.91 Å². The first kappa shape index (κ1) is 21.8. The first-order chi connectivity index (χ1) is 14.5. The summed E-state index contributed by atoms with van der Waals surface area (Å²) in [6, 6.07) is 13.2. The van der Waals surface area contributed by atoms with Crippen LogP contribution in [0.3, 0.4) is 0 Å². The van der Waals surface area contributed by atoms with Crippen LogP contribution in [0.15, 0.2) is 42.5 Å². The van der Waals surface area contributed by atoms with Crippen molar-refractivity contribution in [3.63, 3.8) is 0 Å². The molecule has 7 nitrogen and oxygen atoms in total. The fourth-order valence-corrected chi connectivity index (χ4v) is 3.93. The molecule has 160 valence electrons. The maximum Gasteiger partial charge on any atom is 0.339 e. The fraction of sp³-hybridized carbons (Fsp3) is 0.391. The minimum Gasteiger partial charge on any atom is -0.496 e. The van der Waals surface area contributed by atoms with Crippen LogP contribution in [0.4, 0.5) is 5.69 Å². The molecular weight excluding hydrogens is 382 g/mol. The molecule has 0 aliphatic carbocycles. The summed E-state index contributed by atoms with van der Waals surface area (Å²) in [5.74, 6) is 0.388. The third-order valence-electron chi connectivity index (χ3n) is 5.56. The van der Waals surface area contributed by atoms with E-state index in [0.717, 1.165) is 38.5 Å². The number of piperazine rings is 1. The maximum absolute atomic E-state index is 12.5. The third kappa shape index (κ3) is 5.58. The Morgan fingerprint density at radius 1 is 1.00 bits per heavy atom. The van der Waals surface area contributed by atoms with E-state index in [2.05, 4.69) is 24.4 Å². The van der Waals surface area contributed by atoms with Gasteiger partial charge in [0.15, 0.2) is 6.54 Å². The normalized spacial score (nSPS) is 18.5. The van der Waals surface area contributed by atoms with Crippen molar-refractivity contribution in [1.82, 2.24) is 0 Å². The Labute approximate surface area is 177 Å². The largest absolute Gasteiger partial charge is 0.496 e. The lowest BCUT2D eigenvalue weighted by molar-refractivity contribution is -1.02. The molecule has 0 aromatic heterocycles. The summed E-state index contributed by atoms with van der Waals surface area (Å²) < 4.78 is 10.3. The van der Waals surface area contributed by atoms with Gasteiger partial charge < -0.3 is 24.6 Å². The molecule has 0 unspecified atom stereocenters. The number of nitrogens with one attached hydrogen (secondary N) is 3. The number of rotatable bonds is 7. The number of carbonyl (C=O) groups is 2. The Bertz CT molecular complexity index is 892. The monoisotopic (exact) mass is 413 g/mol. The van der Waals surface area contributed by atoms with E-state index in [9.17, 15) is 9.59 Å². The Balaban J connectivity index is 1.51. The average Bonchev–Trinajstić information content (AvgIpc) is 2.75. The second-order valence-corrected chi connectivity index (χ2v) is 7.75. The summed E-state index contributed by atoms with van der Waals surface area (Å²) in [5.41, 5.74) is 3.32. The van der Waals surface area contributed by atoms with Crippen LogP contribution in [0.2, 0.25) is 0 Å². The van der Waals surface area contributed by atoms with Gasteiger partial charge in [0.05, 0.1) is 25.5 Å². The first-order valence-corrected chi connectivity index (χ1v) is 10.3. The topological polar surface area (TPSA) is 73.5 Å². The number of esters is 1. The van der Waals surface area contributed by atoms with Gasteiger partial charge in [0.25, 0.3) is 5.91 Å². The zero-order chi connectivity index (χ0) is 21.5. The molecule has 1 aliphatic heterocycles. The second kappa shape index (κ2) is 10.2. The Kier molecular flexibility index (Phi) is 7.43. The van der Waals surface area contributed by atoms with E-state index in [1.807, 2.05) is 6.07 Å². The molecule has 1 aliphatic rings. The van der Waals surface area contributed by atoms with Crippen LogP contribution in [0.5, 0.6) is 5.75 Å². The van der Waals surface area contributed by atoms with Crippen molar-refractivity contribution >= 4 is 17.6 Å². The first-order valence-electron chi connectivity index (χ1n) is 10.3. The minimum atomic E-state index is -0.456. The Hall–Kier alpha value is -2.90. The number of aryl methyl sites for hydroxylation is 1. The summed E-state index contributed by atoms with van der Waals surface area (Å²) in [6.45, 7) is 7.26. The van der Waals surface area contributed by atoms with Crippen LogP contribution in [-0.2, 0) is 16.1 Å². The maximum atomic E-state index is 12.5. The average molecular weight is 414 g/mol. The number of para-hydroxylation sites is 1. The number of benzene rings is 2. The van der Waals surface area contributed by atoms with Crippen LogP contribution < -0.4 is 19.9 Å². The van der Waals surface area contributed by atoms with E-state index in [1.165, 1.54) is 28.0 Å². The fourth-order valence-electron chi connectivity index (χ4n) is 3.93. The van der Waals surface area contributed by atoms with Gasteiger partial charge in [0.2, 0.25) is 0 Å². The molecule has 2 aromatic carbocycles. The molecule has 0 saturated carbocycles. The SMILES string of the molecule is COC(=O)c1ccccc1NC(=O)C[NH+]1CC[NH+](Cc2cc(C)ccc2OC)CC1. The predicted molar refractivity (Wildman–Crippen MR) is 114 cm³/mol. The number of carbonyl (C=O) groups excluding carboxylic acids is 2. The molecule has 1 amide bonds. The minimum absolute atomic E-state index is 0.0924. The van der Waals surface area contributed by atoms with Gasteiger partial charge in [0.1, 0.15) is 38.5 Å². The summed E-state index contributed by atoms with van der Waals surface area (Å²) in [7, 11) is 3.04.